The van der Waals surface area contributed by atoms with Gasteiger partial charge >= 0.3 is 6.18 Å². The van der Waals surface area contributed by atoms with Gasteiger partial charge in [-0.2, -0.15) is 13.2 Å². The highest BCUT2D eigenvalue weighted by Gasteiger charge is 2.25. The highest BCUT2D eigenvalue weighted by atomic mass is 19.4. The first-order valence-corrected chi connectivity index (χ1v) is 11.1. The van der Waals surface area contributed by atoms with Gasteiger partial charge in [0.2, 0.25) is 0 Å². The number of rotatable bonds is 6. The standard InChI is InChI=1S/C26H26F6/c1-2-3-4-5-17-6-8-18(9-7-17)19-10-11-21(23(27)14-19)20-15-24(28)22(25(29)16-20)12-13-26(30,31)32/h10-11,14-18H,2-9H2,1H3. The van der Waals surface area contributed by atoms with E-state index in [-0.39, 0.29) is 17.0 Å². The molecule has 0 saturated heterocycles. The fraction of sp³-hybridized carbons (Fsp3) is 0.462. The zero-order valence-corrected chi connectivity index (χ0v) is 18.0. The molecule has 1 aliphatic carbocycles. The van der Waals surface area contributed by atoms with Crippen LogP contribution in [0.2, 0.25) is 0 Å². The van der Waals surface area contributed by atoms with Gasteiger partial charge in [0, 0.05) is 11.5 Å². The molecule has 0 amide bonds. The number of halogens is 6. The largest absolute Gasteiger partial charge is 0.458 e. The van der Waals surface area contributed by atoms with E-state index < -0.39 is 29.2 Å². The zero-order chi connectivity index (χ0) is 23.3. The molecule has 0 N–H and O–H groups in total. The van der Waals surface area contributed by atoms with Crippen LogP contribution >= 0.6 is 0 Å². The summed E-state index contributed by atoms with van der Waals surface area (Å²) in [6.45, 7) is 2.19. The maximum atomic E-state index is 14.8. The Bertz CT molecular complexity index is 965. The Balaban J connectivity index is 1.74. The van der Waals surface area contributed by atoms with Crippen molar-refractivity contribution in [2.45, 2.75) is 70.4 Å². The van der Waals surface area contributed by atoms with Crippen molar-refractivity contribution >= 4 is 0 Å². The highest BCUT2D eigenvalue weighted by molar-refractivity contribution is 5.66. The van der Waals surface area contributed by atoms with Gasteiger partial charge in [-0.1, -0.05) is 50.7 Å². The SMILES string of the molecule is CCCCCC1CCC(c2ccc(-c3cc(F)c(C#CC(F)(F)F)c(F)c3)c(F)c2)CC1. The van der Waals surface area contributed by atoms with Crippen LogP contribution in [-0.2, 0) is 0 Å². The number of hydrogen-bond acceptors (Lipinski definition) is 0. The molecule has 6 heteroatoms. The van der Waals surface area contributed by atoms with E-state index in [4.69, 9.17) is 0 Å². The highest BCUT2D eigenvalue weighted by Crippen LogP contribution is 2.39. The molecule has 32 heavy (non-hydrogen) atoms. The molecule has 0 nitrogen and oxygen atoms in total. The Kier molecular flexibility index (Phi) is 7.92. The third-order valence-corrected chi connectivity index (χ3v) is 6.21. The van der Waals surface area contributed by atoms with E-state index in [1.165, 1.54) is 43.7 Å². The van der Waals surface area contributed by atoms with Crippen LogP contribution in [0.4, 0.5) is 26.3 Å². The lowest BCUT2D eigenvalue weighted by molar-refractivity contribution is -0.0696. The second-order valence-corrected chi connectivity index (χ2v) is 8.52. The monoisotopic (exact) mass is 452 g/mol. The Morgan fingerprint density at radius 2 is 1.53 bits per heavy atom. The van der Waals surface area contributed by atoms with Gasteiger partial charge in [0.25, 0.3) is 0 Å². The zero-order valence-electron chi connectivity index (χ0n) is 18.0. The van der Waals surface area contributed by atoms with Crippen molar-refractivity contribution in [3.05, 3.63) is 58.9 Å². The molecule has 0 bridgehead atoms. The molecule has 1 fully saturated rings. The van der Waals surface area contributed by atoms with Gasteiger partial charge in [0.05, 0.1) is 5.56 Å². The molecule has 0 heterocycles. The molecule has 0 unspecified atom stereocenters. The molecule has 0 aromatic heterocycles. The molecule has 172 valence electrons. The van der Waals surface area contributed by atoms with Gasteiger partial charge < -0.3 is 0 Å². The maximum absolute atomic E-state index is 14.8. The predicted molar refractivity (Wildman–Crippen MR) is 114 cm³/mol. The van der Waals surface area contributed by atoms with E-state index in [0.717, 1.165) is 55.2 Å². The number of alkyl halides is 3. The Hall–Kier alpha value is -2.42. The summed E-state index contributed by atoms with van der Waals surface area (Å²) in [6, 6.07) is 6.28. The average Bonchev–Trinajstić information content (AvgIpc) is 2.73. The van der Waals surface area contributed by atoms with Crippen LogP contribution in [0, 0.1) is 35.2 Å². The molecule has 0 aliphatic heterocycles. The lowest BCUT2D eigenvalue weighted by atomic mass is 9.77. The van der Waals surface area contributed by atoms with E-state index in [2.05, 4.69) is 6.92 Å². The minimum atomic E-state index is -4.87. The number of benzene rings is 2. The third kappa shape index (κ3) is 6.31. The summed E-state index contributed by atoms with van der Waals surface area (Å²) in [4.78, 5) is 0. The average molecular weight is 452 g/mol. The van der Waals surface area contributed by atoms with Crippen LogP contribution < -0.4 is 0 Å². The molecule has 1 aliphatic rings. The van der Waals surface area contributed by atoms with Gasteiger partial charge in [-0.25, -0.2) is 13.2 Å². The summed E-state index contributed by atoms with van der Waals surface area (Å²) >= 11 is 0. The summed E-state index contributed by atoms with van der Waals surface area (Å²) in [5.41, 5.74) is -0.206. The van der Waals surface area contributed by atoms with Gasteiger partial charge in [-0.15, -0.1) is 0 Å². The van der Waals surface area contributed by atoms with Crippen molar-refractivity contribution in [2.24, 2.45) is 5.92 Å². The summed E-state index contributed by atoms with van der Waals surface area (Å²) in [5, 5.41) is 0. The molecular formula is C26H26F6. The van der Waals surface area contributed by atoms with E-state index in [1.54, 1.807) is 6.07 Å². The first-order chi connectivity index (χ1) is 15.2. The fourth-order valence-electron chi connectivity index (χ4n) is 4.47. The van der Waals surface area contributed by atoms with E-state index in [0.29, 0.717) is 0 Å². The Morgan fingerprint density at radius 1 is 0.875 bits per heavy atom. The molecular weight excluding hydrogens is 426 g/mol. The smallest absolute Gasteiger partial charge is 0.206 e. The van der Waals surface area contributed by atoms with Gasteiger partial charge in [0.1, 0.15) is 17.5 Å². The maximum Gasteiger partial charge on any atom is 0.458 e. The quantitative estimate of drug-likeness (QED) is 0.234. The molecule has 2 aromatic rings. The number of hydrogen-bond donors (Lipinski definition) is 0. The van der Waals surface area contributed by atoms with Gasteiger partial charge in [-0.05, 0) is 66.8 Å². The molecule has 0 radical (unpaired) electrons. The minimum absolute atomic E-state index is 0.00451. The van der Waals surface area contributed by atoms with Crippen molar-refractivity contribution in [3.63, 3.8) is 0 Å². The topological polar surface area (TPSA) is 0 Å². The van der Waals surface area contributed by atoms with Crippen LogP contribution in [0.1, 0.15) is 75.3 Å². The minimum Gasteiger partial charge on any atom is -0.206 e. The van der Waals surface area contributed by atoms with Crippen molar-refractivity contribution < 1.29 is 26.3 Å². The fourth-order valence-corrected chi connectivity index (χ4v) is 4.47. The van der Waals surface area contributed by atoms with E-state index >= 15 is 0 Å². The first kappa shape index (κ1) is 24.2. The van der Waals surface area contributed by atoms with Crippen LogP contribution in [0.15, 0.2) is 30.3 Å². The predicted octanol–water partition coefficient (Wildman–Crippen LogP) is 8.54. The Labute approximate surface area is 185 Å². The van der Waals surface area contributed by atoms with Crippen molar-refractivity contribution in [2.75, 3.05) is 0 Å². The summed E-state index contributed by atoms with van der Waals surface area (Å²) in [6.07, 6.45) is 4.31. The summed E-state index contributed by atoms with van der Waals surface area (Å²) in [5.74, 6) is 0.166. The van der Waals surface area contributed by atoms with Crippen molar-refractivity contribution in [1.82, 2.24) is 0 Å². The van der Waals surface area contributed by atoms with Crippen LogP contribution in [0.25, 0.3) is 11.1 Å². The van der Waals surface area contributed by atoms with Gasteiger partial charge in [-0.3, -0.25) is 0 Å². The second-order valence-electron chi connectivity index (χ2n) is 8.52. The van der Waals surface area contributed by atoms with Crippen molar-refractivity contribution in [3.8, 4) is 23.0 Å². The van der Waals surface area contributed by atoms with Crippen molar-refractivity contribution in [1.29, 1.82) is 0 Å². The lowest BCUT2D eigenvalue weighted by Gasteiger charge is -2.29. The number of unbranched alkanes of at least 4 members (excludes halogenated alkanes) is 2. The molecule has 3 rings (SSSR count). The second kappa shape index (κ2) is 10.5. The van der Waals surface area contributed by atoms with Gasteiger partial charge in [0.15, 0.2) is 0 Å². The normalized spacial score (nSPS) is 18.8. The van der Waals surface area contributed by atoms with Crippen LogP contribution in [-0.4, -0.2) is 6.18 Å². The molecule has 1 saturated carbocycles. The lowest BCUT2D eigenvalue weighted by Crippen LogP contribution is -2.13. The Morgan fingerprint density at radius 3 is 2.09 bits per heavy atom. The summed E-state index contributed by atoms with van der Waals surface area (Å²) in [7, 11) is 0. The molecule has 0 atom stereocenters. The van der Waals surface area contributed by atoms with Crippen LogP contribution in [0.5, 0.6) is 0 Å². The van der Waals surface area contributed by atoms with Crippen LogP contribution in [0.3, 0.4) is 0 Å². The summed E-state index contributed by atoms with van der Waals surface area (Å²) < 4.78 is 79.8. The molecule has 0 spiro atoms. The van der Waals surface area contributed by atoms with E-state index in [9.17, 15) is 26.3 Å². The molecule has 2 aromatic carbocycles. The third-order valence-electron chi connectivity index (χ3n) is 6.21. The first-order valence-electron chi connectivity index (χ1n) is 11.1. The van der Waals surface area contributed by atoms with E-state index in [1.807, 2.05) is 0 Å².